The minimum Gasteiger partial charge on any atom is -0.349 e. The highest BCUT2D eigenvalue weighted by Crippen LogP contribution is 2.29. The molecule has 0 radical (unpaired) electrons. The van der Waals surface area contributed by atoms with Gasteiger partial charge in [-0.2, -0.15) is 18.2 Å². The van der Waals surface area contributed by atoms with Gasteiger partial charge in [-0.3, -0.25) is 14.6 Å². The Hall–Kier alpha value is -3.79. The van der Waals surface area contributed by atoms with Gasteiger partial charge in [0.1, 0.15) is 6.04 Å². The van der Waals surface area contributed by atoms with E-state index in [-0.39, 0.29) is 22.8 Å². The third-order valence-corrected chi connectivity index (χ3v) is 6.37. The summed E-state index contributed by atoms with van der Waals surface area (Å²) in [5.74, 6) is -1.14. The van der Waals surface area contributed by atoms with Gasteiger partial charge in [0.15, 0.2) is 4.80 Å². The zero-order chi connectivity index (χ0) is 25.2. The monoisotopic (exact) mass is 498 g/mol. The molecule has 0 fully saturated rings. The zero-order valence-electron chi connectivity index (χ0n) is 18.8. The first kappa shape index (κ1) is 24.3. The molecule has 2 aromatic carbocycles. The van der Waals surface area contributed by atoms with Gasteiger partial charge in [0.25, 0.3) is 5.91 Å². The molecule has 2 amide bonds. The molecule has 0 aliphatic heterocycles. The van der Waals surface area contributed by atoms with Gasteiger partial charge in [-0.1, -0.05) is 29.5 Å². The standard InChI is InChI=1S/C25H21F3N4O2S/c1-15-9-10-20-21(12-15)35-24(31-23(34)17-6-5-7-18(13-17)25(26,27)28)32(20)16(2)22(33)30-14-19-8-3-4-11-29-19/h3-13,16H,14H2,1-2H3,(H,30,33)/t16-/m1/s1. The van der Waals surface area contributed by atoms with Crippen LogP contribution in [0.3, 0.4) is 0 Å². The Balaban J connectivity index is 1.72. The van der Waals surface area contributed by atoms with E-state index in [1.54, 1.807) is 29.8 Å². The van der Waals surface area contributed by atoms with Crippen LogP contribution in [0.5, 0.6) is 0 Å². The van der Waals surface area contributed by atoms with Crippen molar-refractivity contribution in [2.45, 2.75) is 32.6 Å². The highest BCUT2D eigenvalue weighted by atomic mass is 32.1. The van der Waals surface area contributed by atoms with Crippen molar-refractivity contribution in [2.75, 3.05) is 0 Å². The number of nitrogens with one attached hydrogen (secondary N) is 1. The summed E-state index contributed by atoms with van der Waals surface area (Å²) >= 11 is 1.19. The van der Waals surface area contributed by atoms with E-state index in [9.17, 15) is 22.8 Å². The number of carbonyl (C=O) groups excluding carboxylic acids is 2. The molecular formula is C25H21F3N4O2S. The maximum absolute atomic E-state index is 13.1. The second-order valence-electron chi connectivity index (χ2n) is 7.94. The largest absolute Gasteiger partial charge is 0.416 e. The number of amides is 2. The van der Waals surface area contributed by atoms with Crippen LogP contribution in [0.2, 0.25) is 0 Å². The SMILES string of the molecule is Cc1ccc2c(c1)sc(=NC(=O)c1cccc(C(F)(F)F)c1)n2[C@H](C)C(=O)NCc1ccccn1. The Morgan fingerprint density at radius 3 is 2.63 bits per heavy atom. The molecule has 0 unspecified atom stereocenters. The predicted octanol–water partition coefficient (Wildman–Crippen LogP) is 5.04. The van der Waals surface area contributed by atoms with Gasteiger partial charge in [0, 0.05) is 11.8 Å². The normalized spacial score (nSPS) is 13.1. The summed E-state index contributed by atoms with van der Waals surface area (Å²) < 4.78 is 41.7. The molecule has 6 nitrogen and oxygen atoms in total. The lowest BCUT2D eigenvalue weighted by atomic mass is 10.1. The Morgan fingerprint density at radius 1 is 1.11 bits per heavy atom. The van der Waals surface area contributed by atoms with E-state index in [1.165, 1.54) is 23.5 Å². The number of nitrogens with zero attached hydrogens (tertiary/aromatic N) is 3. The summed E-state index contributed by atoms with van der Waals surface area (Å²) in [4.78, 5) is 34.3. The van der Waals surface area contributed by atoms with Crippen LogP contribution in [0.4, 0.5) is 13.2 Å². The third kappa shape index (κ3) is 5.48. The van der Waals surface area contributed by atoms with Crippen LogP contribution >= 0.6 is 11.3 Å². The van der Waals surface area contributed by atoms with Crippen LogP contribution in [-0.2, 0) is 17.5 Å². The first-order valence-corrected chi connectivity index (χ1v) is 11.5. The van der Waals surface area contributed by atoms with Crippen LogP contribution in [-0.4, -0.2) is 21.4 Å². The number of aromatic nitrogens is 2. The van der Waals surface area contributed by atoms with E-state index >= 15 is 0 Å². The first-order valence-electron chi connectivity index (χ1n) is 10.7. The summed E-state index contributed by atoms with van der Waals surface area (Å²) in [5.41, 5.74) is 1.24. The summed E-state index contributed by atoms with van der Waals surface area (Å²) in [5, 5.41) is 2.83. The number of pyridine rings is 1. The van der Waals surface area contributed by atoms with E-state index in [0.29, 0.717) is 11.2 Å². The molecule has 35 heavy (non-hydrogen) atoms. The molecule has 0 bridgehead atoms. The van der Waals surface area contributed by atoms with Gasteiger partial charge in [-0.25, -0.2) is 0 Å². The van der Waals surface area contributed by atoms with E-state index in [0.717, 1.165) is 22.4 Å². The lowest BCUT2D eigenvalue weighted by Gasteiger charge is -2.15. The van der Waals surface area contributed by atoms with Crippen LogP contribution in [0, 0.1) is 6.92 Å². The molecule has 0 aliphatic carbocycles. The van der Waals surface area contributed by atoms with Gasteiger partial charge in [-0.05, 0) is 61.9 Å². The minimum atomic E-state index is -4.58. The molecule has 1 N–H and O–H groups in total. The Kier molecular flexibility index (Phi) is 6.83. The fourth-order valence-electron chi connectivity index (χ4n) is 3.53. The molecule has 0 saturated heterocycles. The molecule has 180 valence electrons. The molecule has 2 heterocycles. The quantitative estimate of drug-likeness (QED) is 0.419. The number of alkyl halides is 3. The zero-order valence-corrected chi connectivity index (χ0v) is 19.7. The van der Waals surface area contributed by atoms with Crippen molar-refractivity contribution in [1.29, 1.82) is 0 Å². The van der Waals surface area contributed by atoms with Crippen LogP contribution in [0.15, 0.2) is 71.9 Å². The highest BCUT2D eigenvalue weighted by molar-refractivity contribution is 7.16. The van der Waals surface area contributed by atoms with E-state index in [2.05, 4.69) is 15.3 Å². The van der Waals surface area contributed by atoms with E-state index in [4.69, 9.17) is 0 Å². The number of hydrogen-bond acceptors (Lipinski definition) is 4. The minimum absolute atomic E-state index is 0.188. The lowest BCUT2D eigenvalue weighted by Crippen LogP contribution is -2.34. The maximum Gasteiger partial charge on any atom is 0.416 e. The number of fused-ring (bicyclic) bond motifs is 1. The first-order chi connectivity index (χ1) is 16.6. The number of aryl methyl sites for hydroxylation is 1. The fraction of sp³-hybridized carbons (Fsp3) is 0.200. The molecular weight excluding hydrogens is 477 g/mol. The molecule has 2 aromatic heterocycles. The number of thiazole rings is 1. The van der Waals surface area contributed by atoms with Crippen molar-refractivity contribution in [1.82, 2.24) is 14.9 Å². The van der Waals surface area contributed by atoms with Crippen molar-refractivity contribution in [3.05, 3.63) is 94.0 Å². The molecule has 0 saturated carbocycles. The van der Waals surface area contributed by atoms with Crippen molar-refractivity contribution < 1.29 is 22.8 Å². The van der Waals surface area contributed by atoms with Crippen LogP contribution < -0.4 is 10.1 Å². The summed E-state index contributed by atoms with van der Waals surface area (Å²) in [7, 11) is 0. The number of hydrogen-bond donors (Lipinski definition) is 1. The Labute approximate surface area is 202 Å². The van der Waals surface area contributed by atoms with Gasteiger partial charge in [0.05, 0.1) is 28.0 Å². The third-order valence-electron chi connectivity index (χ3n) is 5.35. The second kappa shape index (κ2) is 9.83. The van der Waals surface area contributed by atoms with Gasteiger partial charge in [-0.15, -0.1) is 0 Å². The lowest BCUT2D eigenvalue weighted by molar-refractivity contribution is -0.137. The van der Waals surface area contributed by atoms with Crippen molar-refractivity contribution in [3.8, 4) is 0 Å². The molecule has 0 aliphatic rings. The molecule has 4 aromatic rings. The average molecular weight is 499 g/mol. The summed E-state index contributed by atoms with van der Waals surface area (Å²) in [6.45, 7) is 3.81. The second-order valence-corrected chi connectivity index (χ2v) is 8.95. The van der Waals surface area contributed by atoms with Crippen molar-refractivity contribution in [3.63, 3.8) is 0 Å². The van der Waals surface area contributed by atoms with Gasteiger partial charge in [0.2, 0.25) is 5.91 Å². The summed E-state index contributed by atoms with van der Waals surface area (Å²) in [6, 6.07) is 14.4. The van der Waals surface area contributed by atoms with Crippen LogP contribution in [0.1, 0.15) is 40.1 Å². The number of carbonyl (C=O) groups is 2. The molecule has 1 atom stereocenters. The van der Waals surface area contributed by atoms with Crippen LogP contribution in [0.25, 0.3) is 10.2 Å². The predicted molar refractivity (Wildman–Crippen MR) is 127 cm³/mol. The number of rotatable bonds is 5. The maximum atomic E-state index is 13.1. The van der Waals surface area contributed by atoms with E-state index < -0.39 is 23.7 Å². The topological polar surface area (TPSA) is 76.3 Å². The smallest absolute Gasteiger partial charge is 0.349 e. The highest BCUT2D eigenvalue weighted by Gasteiger charge is 2.31. The van der Waals surface area contributed by atoms with E-state index in [1.807, 2.05) is 31.2 Å². The molecule has 10 heteroatoms. The molecule has 4 rings (SSSR count). The van der Waals surface area contributed by atoms with Crippen molar-refractivity contribution in [2.24, 2.45) is 4.99 Å². The fourth-order valence-corrected chi connectivity index (χ4v) is 4.72. The number of benzene rings is 2. The van der Waals surface area contributed by atoms with Gasteiger partial charge < -0.3 is 9.88 Å². The van der Waals surface area contributed by atoms with Crippen molar-refractivity contribution >= 4 is 33.4 Å². The number of halogens is 3. The molecule has 0 spiro atoms. The van der Waals surface area contributed by atoms with Gasteiger partial charge >= 0.3 is 6.18 Å². The average Bonchev–Trinajstić information content (AvgIpc) is 3.18. The Morgan fingerprint density at radius 2 is 1.91 bits per heavy atom. The summed E-state index contributed by atoms with van der Waals surface area (Å²) in [6.07, 6.45) is -2.95. The Bertz CT molecular complexity index is 1460.